The lowest BCUT2D eigenvalue weighted by Gasteiger charge is -2.17. The standard InChI is InChI=1S/C22H25N3O5S/c1-13(2)25-21(27)17-7-6-16(12-18(17)22(25)28)20(26)23-9-10-24-31(29,30)19-8-5-14(3)11-15(19)4/h5-8,11-13,24H,9-10H2,1-4H3,(H,23,26). The third kappa shape index (κ3) is 4.52. The fraction of sp³-hybridized carbons (Fsp3) is 0.318. The topological polar surface area (TPSA) is 113 Å². The summed E-state index contributed by atoms with van der Waals surface area (Å²) < 4.78 is 27.4. The lowest BCUT2D eigenvalue weighted by atomic mass is 10.1. The number of fused-ring (bicyclic) bond motifs is 1. The molecular formula is C22H25N3O5S. The van der Waals surface area contributed by atoms with Crippen molar-refractivity contribution >= 4 is 27.7 Å². The second-order valence-electron chi connectivity index (χ2n) is 7.76. The molecule has 1 aliphatic heterocycles. The largest absolute Gasteiger partial charge is 0.351 e. The van der Waals surface area contributed by atoms with E-state index in [2.05, 4.69) is 10.0 Å². The summed E-state index contributed by atoms with van der Waals surface area (Å²) in [6.45, 7) is 7.16. The van der Waals surface area contributed by atoms with Crippen LogP contribution in [-0.4, -0.2) is 50.2 Å². The Morgan fingerprint density at radius 3 is 2.29 bits per heavy atom. The minimum absolute atomic E-state index is 0.00484. The Labute approximate surface area is 181 Å². The first-order chi connectivity index (χ1) is 14.5. The number of hydrogen-bond acceptors (Lipinski definition) is 5. The van der Waals surface area contributed by atoms with E-state index < -0.39 is 21.8 Å². The molecule has 8 nitrogen and oxygen atoms in total. The van der Waals surface area contributed by atoms with Crippen LogP contribution in [0.2, 0.25) is 0 Å². The van der Waals surface area contributed by atoms with Gasteiger partial charge in [0, 0.05) is 24.7 Å². The molecule has 9 heteroatoms. The first-order valence-electron chi connectivity index (χ1n) is 9.90. The number of hydrogen-bond donors (Lipinski definition) is 2. The second kappa shape index (κ2) is 8.60. The minimum atomic E-state index is -3.70. The predicted molar refractivity (Wildman–Crippen MR) is 116 cm³/mol. The van der Waals surface area contributed by atoms with Crippen molar-refractivity contribution in [2.45, 2.75) is 38.6 Å². The molecule has 0 saturated heterocycles. The highest BCUT2D eigenvalue weighted by molar-refractivity contribution is 7.89. The fourth-order valence-corrected chi connectivity index (χ4v) is 4.77. The maximum absolute atomic E-state index is 12.5. The zero-order chi connectivity index (χ0) is 22.9. The van der Waals surface area contributed by atoms with E-state index in [9.17, 15) is 22.8 Å². The molecule has 1 aliphatic rings. The number of imide groups is 1. The van der Waals surface area contributed by atoms with E-state index in [1.807, 2.05) is 6.92 Å². The van der Waals surface area contributed by atoms with E-state index in [0.29, 0.717) is 5.56 Å². The van der Waals surface area contributed by atoms with Crippen LogP contribution in [0.1, 0.15) is 56.0 Å². The highest BCUT2D eigenvalue weighted by Crippen LogP contribution is 2.25. The maximum Gasteiger partial charge on any atom is 0.261 e. The summed E-state index contributed by atoms with van der Waals surface area (Å²) in [6.07, 6.45) is 0. The molecule has 2 aromatic carbocycles. The van der Waals surface area contributed by atoms with Gasteiger partial charge in [0.25, 0.3) is 17.7 Å². The van der Waals surface area contributed by atoms with Gasteiger partial charge in [0.15, 0.2) is 0 Å². The molecule has 164 valence electrons. The van der Waals surface area contributed by atoms with Crippen molar-refractivity contribution in [1.82, 2.24) is 14.9 Å². The molecule has 0 aliphatic carbocycles. The number of sulfonamides is 1. The van der Waals surface area contributed by atoms with E-state index in [4.69, 9.17) is 0 Å². The zero-order valence-electron chi connectivity index (χ0n) is 17.9. The third-order valence-electron chi connectivity index (χ3n) is 5.02. The molecule has 0 atom stereocenters. The Morgan fingerprint density at radius 1 is 0.968 bits per heavy atom. The van der Waals surface area contributed by atoms with Crippen LogP contribution in [0.4, 0.5) is 0 Å². The van der Waals surface area contributed by atoms with Crippen LogP contribution in [0.25, 0.3) is 0 Å². The SMILES string of the molecule is Cc1ccc(S(=O)(=O)NCCNC(=O)c2ccc3c(c2)C(=O)N(C(C)C)C3=O)c(C)c1. The van der Waals surface area contributed by atoms with Crippen molar-refractivity contribution in [3.63, 3.8) is 0 Å². The molecule has 0 aromatic heterocycles. The number of rotatable bonds is 7. The lowest BCUT2D eigenvalue weighted by molar-refractivity contribution is 0.0609. The van der Waals surface area contributed by atoms with Gasteiger partial charge in [0.2, 0.25) is 10.0 Å². The van der Waals surface area contributed by atoms with E-state index in [1.54, 1.807) is 39.0 Å². The van der Waals surface area contributed by atoms with E-state index in [1.165, 1.54) is 18.2 Å². The molecule has 0 spiro atoms. The number of carbonyl (C=O) groups excluding carboxylic acids is 3. The normalized spacial score (nSPS) is 13.6. The number of carbonyl (C=O) groups is 3. The Hall–Kier alpha value is -3.04. The average molecular weight is 444 g/mol. The molecular weight excluding hydrogens is 418 g/mol. The van der Waals surface area contributed by atoms with Gasteiger partial charge in [-0.2, -0.15) is 0 Å². The number of aryl methyl sites for hydroxylation is 2. The van der Waals surface area contributed by atoms with Crippen molar-refractivity contribution in [3.05, 3.63) is 64.2 Å². The highest BCUT2D eigenvalue weighted by atomic mass is 32.2. The Balaban J connectivity index is 1.61. The van der Waals surface area contributed by atoms with Crippen molar-refractivity contribution in [1.29, 1.82) is 0 Å². The summed E-state index contributed by atoms with van der Waals surface area (Å²) in [5.41, 5.74) is 2.31. The highest BCUT2D eigenvalue weighted by Gasteiger charge is 2.37. The zero-order valence-corrected chi connectivity index (χ0v) is 18.7. The summed E-state index contributed by atoms with van der Waals surface area (Å²) in [4.78, 5) is 38.6. The first-order valence-corrected chi connectivity index (χ1v) is 11.4. The minimum Gasteiger partial charge on any atom is -0.351 e. The van der Waals surface area contributed by atoms with Gasteiger partial charge in [-0.3, -0.25) is 19.3 Å². The lowest BCUT2D eigenvalue weighted by Crippen LogP contribution is -2.36. The molecule has 3 rings (SSSR count). The number of nitrogens with one attached hydrogen (secondary N) is 2. The molecule has 0 radical (unpaired) electrons. The molecule has 0 fully saturated rings. The van der Waals surface area contributed by atoms with Gasteiger partial charge in [-0.1, -0.05) is 17.7 Å². The van der Waals surface area contributed by atoms with Gasteiger partial charge in [-0.15, -0.1) is 0 Å². The fourth-order valence-electron chi connectivity index (χ4n) is 3.51. The molecule has 2 N–H and O–H groups in total. The van der Waals surface area contributed by atoms with Gasteiger partial charge >= 0.3 is 0 Å². The predicted octanol–water partition coefficient (Wildman–Crippen LogP) is 2.02. The van der Waals surface area contributed by atoms with Gasteiger partial charge in [0.05, 0.1) is 16.0 Å². The molecule has 3 amide bonds. The van der Waals surface area contributed by atoms with E-state index >= 15 is 0 Å². The Morgan fingerprint density at radius 2 is 1.65 bits per heavy atom. The summed E-state index contributed by atoms with van der Waals surface area (Å²) in [6, 6.07) is 9.12. The van der Waals surface area contributed by atoms with Crippen LogP contribution in [0.3, 0.4) is 0 Å². The van der Waals surface area contributed by atoms with Crippen molar-refractivity contribution < 1.29 is 22.8 Å². The van der Waals surface area contributed by atoms with Gasteiger partial charge in [-0.25, -0.2) is 13.1 Å². The van der Waals surface area contributed by atoms with E-state index in [-0.39, 0.29) is 46.6 Å². The van der Waals surface area contributed by atoms with Gasteiger partial charge in [0.1, 0.15) is 0 Å². The smallest absolute Gasteiger partial charge is 0.261 e. The number of amides is 3. The van der Waals surface area contributed by atoms with Crippen LogP contribution in [0.15, 0.2) is 41.3 Å². The van der Waals surface area contributed by atoms with Crippen LogP contribution in [-0.2, 0) is 10.0 Å². The van der Waals surface area contributed by atoms with Crippen molar-refractivity contribution in [2.24, 2.45) is 0 Å². The molecule has 2 aromatic rings. The van der Waals surface area contributed by atoms with Crippen molar-refractivity contribution in [2.75, 3.05) is 13.1 Å². The molecule has 0 saturated carbocycles. The summed E-state index contributed by atoms with van der Waals surface area (Å²) in [5.74, 6) is -1.26. The Kier molecular flexibility index (Phi) is 6.28. The summed E-state index contributed by atoms with van der Waals surface area (Å²) in [7, 11) is -3.70. The van der Waals surface area contributed by atoms with Crippen molar-refractivity contribution in [3.8, 4) is 0 Å². The summed E-state index contributed by atoms with van der Waals surface area (Å²) >= 11 is 0. The van der Waals surface area contributed by atoms with Gasteiger partial charge < -0.3 is 5.32 Å². The van der Waals surface area contributed by atoms with Crippen LogP contribution >= 0.6 is 0 Å². The second-order valence-corrected chi connectivity index (χ2v) is 9.49. The Bertz CT molecular complexity index is 1170. The van der Waals surface area contributed by atoms with Crippen LogP contribution in [0.5, 0.6) is 0 Å². The van der Waals surface area contributed by atoms with E-state index in [0.717, 1.165) is 10.5 Å². The molecule has 0 bridgehead atoms. The van der Waals surface area contributed by atoms with Crippen LogP contribution in [0, 0.1) is 13.8 Å². The first kappa shape index (κ1) is 22.6. The molecule has 0 unspecified atom stereocenters. The maximum atomic E-state index is 12.5. The van der Waals surface area contributed by atoms with Crippen LogP contribution < -0.4 is 10.0 Å². The molecule has 1 heterocycles. The number of benzene rings is 2. The summed E-state index contributed by atoms with van der Waals surface area (Å²) in [5, 5.41) is 2.62. The average Bonchev–Trinajstić information content (AvgIpc) is 2.94. The third-order valence-corrected chi connectivity index (χ3v) is 6.64. The monoisotopic (exact) mass is 443 g/mol. The molecule has 31 heavy (non-hydrogen) atoms. The quantitative estimate of drug-likeness (QED) is 0.502. The van der Waals surface area contributed by atoms with Gasteiger partial charge in [-0.05, 0) is 57.5 Å². The number of nitrogens with zero attached hydrogens (tertiary/aromatic N) is 1.